The molecule has 2 aromatic carbocycles. The van der Waals surface area contributed by atoms with Crippen LogP contribution >= 0.6 is 11.6 Å². The zero-order valence-electron chi connectivity index (χ0n) is 31.8. The van der Waals surface area contributed by atoms with Gasteiger partial charge in [0.1, 0.15) is 23.7 Å². The molecule has 15 nitrogen and oxygen atoms in total. The lowest BCUT2D eigenvalue weighted by Crippen LogP contribution is -2.54. The lowest BCUT2D eigenvalue weighted by Gasteiger charge is -2.39. The molecule has 1 unspecified atom stereocenters. The molecule has 1 aliphatic carbocycles. The summed E-state index contributed by atoms with van der Waals surface area (Å²) in [6.45, 7) is 5.32. The molecule has 3 saturated heterocycles. The maximum absolute atomic E-state index is 15.4. The van der Waals surface area contributed by atoms with E-state index in [0.717, 1.165) is 88.0 Å². The summed E-state index contributed by atoms with van der Waals surface area (Å²) in [7, 11) is 0. The van der Waals surface area contributed by atoms with Crippen LogP contribution in [0.3, 0.4) is 0 Å². The number of nitrogens with one attached hydrogen (secondary N) is 2. The van der Waals surface area contributed by atoms with Gasteiger partial charge in [0.05, 0.1) is 33.5 Å². The number of amides is 5. The van der Waals surface area contributed by atoms with Gasteiger partial charge < -0.3 is 19.9 Å². The number of benzene rings is 2. The second-order valence-electron chi connectivity index (χ2n) is 15.6. The molecule has 4 fully saturated rings. The first kappa shape index (κ1) is 39.2. The lowest BCUT2D eigenvalue weighted by molar-refractivity contribution is -0.136. The highest BCUT2D eigenvalue weighted by Crippen LogP contribution is 2.35. The van der Waals surface area contributed by atoms with E-state index < -0.39 is 35.5 Å². The van der Waals surface area contributed by atoms with Gasteiger partial charge in [-0.25, -0.2) is 4.39 Å². The van der Waals surface area contributed by atoms with Crippen LogP contribution in [0.4, 0.5) is 15.9 Å². The van der Waals surface area contributed by atoms with Gasteiger partial charge in [-0.3, -0.25) is 39.1 Å². The van der Waals surface area contributed by atoms with E-state index in [4.69, 9.17) is 21.6 Å². The molecule has 58 heavy (non-hydrogen) atoms. The number of rotatable bonds is 9. The number of imide groups is 2. The van der Waals surface area contributed by atoms with Crippen molar-refractivity contribution < 1.29 is 33.1 Å². The number of nitrogens with zero attached hydrogens (tertiary/aromatic N) is 7. The third-order valence-corrected chi connectivity index (χ3v) is 12.2. The van der Waals surface area contributed by atoms with Gasteiger partial charge in [-0.1, -0.05) is 11.6 Å². The Hall–Kier alpha value is -5.66. The highest BCUT2D eigenvalue weighted by atomic mass is 35.5. The Morgan fingerprint density at radius 1 is 0.879 bits per heavy atom. The fourth-order valence-corrected chi connectivity index (χ4v) is 8.87. The minimum Gasteiger partial charge on any atom is -0.490 e. The predicted molar refractivity (Wildman–Crippen MR) is 209 cm³/mol. The topological polar surface area (TPSA) is 181 Å². The third-order valence-electron chi connectivity index (χ3n) is 11.9. The largest absolute Gasteiger partial charge is 0.490 e. The van der Waals surface area contributed by atoms with E-state index in [2.05, 4.69) is 30.6 Å². The van der Waals surface area contributed by atoms with Gasteiger partial charge >= 0.3 is 0 Å². The van der Waals surface area contributed by atoms with Crippen LogP contribution in [0.1, 0.15) is 88.1 Å². The van der Waals surface area contributed by atoms with Crippen molar-refractivity contribution in [2.45, 2.75) is 69.6 Å². The zero-order valence-corrected chi connectivity index (χ0v) is 32.5. The number of carbonyl (C=O) groups excluding carboxylic acids is 5. The van der Waals surface area contributed by atoms with Crippen molar-refractivity contribution in [3.8, 4) is 11.8 Å². The van der Waals surface area contributed by atoms with Gasteiger partial charge in [0.2, 0.25) is 11.8 Å². The summed E-state index contributed by atoms with van der Waals surface area (Å²) in [5.41, 5.74) is 0.949. The molecule has 5 heterocycles. The number of ether oxygens (including phenoxy) is 1. The van der Waals surface area contributed by atoms with Crippen molar-refractivity contribution >= 4 is 52.6 Å². The molecule has 4 aliphatic heterocycles. The van der Waals surface area contributed by atoms with E-state index in [1.807, 2.05) is 17.0 Å². The fourth-order valence-electron chi connectivity index (χ4n) is 8.65. The molecule has 0 bridgehead atoms. The van der Waals surface area contributed by atoms with Gasteiger partial charge in [-0.2, -0.15) is 5.26 Å². The Labute approximate surface area is 339 Å². The number of piperazine rings is 1. The van der Waals surface area contributed by atoms with Crippen LogP contribution in [0.25, 0.3) is 0 Å². The number of hydrogen-bond donors (Lipinski definition) is 2. The van der Waals surface area contributed by atoms with Crippen LogP contribution in [-0.2, 0) is 9.59 Å². The summed E-state index contributed by atoms with van der Waals surface area (Å²) in [5.74, 6) is -1.61. The first-order valence-electron chi connectivity index (χ1n) is 19.8. The first-order valence-corrected chi connectivity index (χ1v) is 20.2. The molecule has 0 radical (unpaired) electrons. The average molecular weight is 812 g/mol. The molecule has 2 N–H and O–H groups in total. The van der Waals surface area contributed by atoms with Crippen molar-refractivity contribution in [2.24, 2.45) is 5.92 Å². The summed E-state index contributed by atoms with van der Waals surface area (Å²) < 4.78 is 21.5. The summed E-state index contributed by atoms with van der Waals surface area (Å²) in [6.07, 6.45) is 4.81. The summed E-state index contributed by atoms with van der Waals surface area (Å²) in [6, 6.07) is 12.1. The van der Waals surface area contributed by atoms with Crippen LogP contribution in [0, 0.1) is 23.1 Å². The number of halogens is 2. The van der Waals surface area contributed by atoms with E-state index in [-0.39, 0.29) is 53.4 Å². The Balaban J connectivity index is 0.764. The highest BCUT2D eigenvalue weighted by Gasteiger charge is 2.45. The number of hydrogen-bond acceptors (Lipinski definition) is 12. The van der Waals surface area contributed by atoms with Crippen molar-refractivity contribution in [3.63, 3.8) is 0 Å². The third kappa shape index (κ3) is 8.19. The van der Waals surface area contributed by atoms with E-state index in [9.17, 15) is 24.0 Å². The quantitative estimate of drug-likeness (QED) is 0.300. The molecular formula is C41H43ClFN9O6. The highest BCUT2D eigenvalue weighted by molar-refractivity contribution is 6.31. The molecule has 5 amide bonds. The number of aromatic nitrogens is 2. The SMILES string of the molecule is N#Cc1ccc(O[C@H]2CC[C@H](NC(=O)c3ccc(N4CCN(CC5CCN(c6cc7c(cc6F)C(=O)N(C6CCC(=O)NC6=O)C7=O)CC5)CC4)nn3)CC2)cc1Cl. The van der Waals surface area contributed by atoms with Crippen LogP contribution in [0.15, 0.2) is 42.5 Å². The number of carbonyl (C=O) groups is 5. The summed E-state index contributed by atoms with van der Waals surface area (Å²) in [4.78, 5) is 70.8. The van der Waals surface area contributed by atoms with Gasteiger partial charge in [0.15, 0.2) is 11.5 Å². The number of anilines is 2. The molecule has 5 aliphatic rings. The normalized spacial score (nSPS) is 23.1. The monoisotopic (exact) mass is 811 g/mol. The van der Waals surface area contributed by atoms with Crippen molar-refractivity contribution in [1.82, 2.24) is 30.6 Å². The molecule has 0 spiro atoms. The lowest BCUT2D eigenvalue weighted by atomic mass is 9.93. The zero-order chi connectivity index (χ0) is 40.5. The van der Waals surface area contributed by atoms with Gasteiger partial charge in [0, 0.05) is 64.3 Å². The maximum atomic E-state index is 15.4. The molecule has 3 aromatic rings. The van der Waals surface area contributed by atoms with Crippen LogP contribution in [0.5, 0.6) is 5.75 Å². The second-order valence-corrected chi connectivity index (χ2v) is 16.0. The maximum Gasteiger partial charge on any atom is 0.272 e. The van der Waals surface area contributed by atoms with Crippen LogP contribution in [-0.4, -0.2) is 114 Å². The minimum atomic E-state index is -1.10. The molecule has 17 heteroatoms. The molecular weight excluding hydrogens is 769 g/mol. The Bertz CT molecular complexity index is 2160. The smallest absolute Gasteiger partial charge is 0.272 e. The minimum absolute atomic E-state index is 0.00449. The van der Waals surface area contributed by atoms with Gasteiger partial charge in [0.25, 0.3) is 17.7 Å². The van der Waals surface area contributed by atoms with E-state index >= 15 is 4.39 Å². The van der Waals surface area contributed by atoms with E-state index in [1.54, 1.807) is 24.3 Å². The van der Waals surface area contributed by atoms with Crippen molar-refractivity contribution in [2.75, 3.05) is 55.6 Å². The predicted octanol–water partition coefficient (Wildman–Crippen LogP) is 3.70. The molecule has 1 saturated carbocycles. The van der Waals surface area contributed by atoms with E-state index in [1.165, 1.54) is 6.07 Å². The fraction of sp³-hybridized carbons (Fsp3) is 0.463. The van der Waals surface area contributed by atoms with E-state index in [0.29, 0.717) is 35.3 Å². The average Bonchev–Trinajstić information content (AvgIpc) is 3.46. The molecule has 1 aromatic heterocycles. The first-order chi connectivity index (χ1) is 28.0. The number of nitriles is 1. The molecule has 1 atom stereocenters. The van der Waals surface area contributed by atoms with Crippen LogP contribution < -0.4 is 25.2 Å². The molecule has 302 valence electrons. The Kier molecular flexibility index (Phi) is 11.3. The number of piperidine rings is 2. The Morgan fingerprint density at radius 2 is 1.60 bits per heavy atom. The second kappa shape index (κ2) is 16.7. The van der Waals surface area contributed by atoms with Gasteiger partial charge in [-0.05, 0) is 87.3 Å². The molecule has 8 rings (SSSR count). The standard InChI is InChI=1S/C41H43ClFN9O6/c42-31-19-28(4-1-25(31)22-44)58-27-5-2-26(3-6-27)45-38(54)33-7-9-36(48-47-33)51-17-15-49(16-18-51)23-24-11-13-50(14-12-24)35-21-30-29(20-32(35)43)40(56)52(41(30)57)34-8-10-37(53)46-39(34)55/h1,4,7,9,19-21,24,26-27,34H,2-3,5-6,8,10-18,23H2,(H,45,54)(H,46,53,55)/t26-,27-,34?. The Morgan fingerprint density at radius 3 is 2.26 bits per heavy atom. The van der Waals surface area contributed by atoms with Crippen LogP contribution in [0.2, 0.25) is 5.02 Å². The number of fused-ring (bicyclic) bond motifs is 1. The van der Waals surface area contributed by atoms with Crippen molar-refractivity contribution in [3.05, 3.63) is 75.7 Å². The van der Waals surface area contributed by atoms with Crippen molar-refractivity contribution in [1.29, 1.82) is 5.26 Å². The summed E-state index contributed by atoms with van der Waals surface area (Å²) >= 11 is 6.14. The summed E-state index contributed by atoms with van der Waals surface area (Å²) in [5, 5.41) is 23.3. The van der Waals surface area contributed by atoms with Gasteiger partial charge in [-0.15, -0.1) is 10.2 Å².